The largest absolute Gasteiger partial charge is 0.352 e. The molecule has 1 N–H and O–H groups in total. The highest BCUT2D eigenvalue weighted by atomic mass is 35.5. The van der Waals surface area contributed by atoms with Gasteiger partial charge in [0, 0.05) is 11.1 Å². The normalized spacial score (nSPS) is 12.8. The summed E-state index contributed by atoms with van der Waals surface area (Å²) in [5.41, 5.74) is 0.229. The smallest absolute Gasteiger partial charge is 0.240 e. The summed E-state index contributed by atoms with van der Waals surface area (Å²) in [4.78, 5) is 12.1. The molecule has 0 heterocycles. The molecule has 124 valence electrons. The van der Waals surface area contributed by atoms with Gasteiger partial charge in [-0.3, -0.25) is 9.10 Å². The number of amides is 1. The first-order valence-corrected chi connectivity index (χ1v) is 9.47. The fraction of sp³-hybridized carbons (Fsp3) is 0.500. The van der Waals surface area contributed by atoms with Gasteiger partial charge in [0.1, 0.15) is 6.54 Å². The minimum absolute atomic E-state index is 0.0143. The summed E-state index contributed by atoms with van der Waals surface area (Å²) in [7, 11) is -3.65. The topological polar surface area (TPSA) is 66.5 Å². The number of hydrogen-bond acceptors (Lipinski definition) is 3. The third-order valence-corrected chi connectivity index (χ3v) is 4.66. The van der Waals surface area contributed by atoms with Crippen LogP contribution in [0.15, 0.2) is 18.2 Å². The van der Waals surface area contributed by atoms with Gasteiger partial charge in [0.2, 0.25) is 15.9 Å². The predicted molar refractivity (Wildman–Crippen MR) is 91.2 cm³/mol. The number of carbonyl (C=O) groups excluding carboxylic acids is 1. The molecular formula is C14H20Cl2N2O3S. The van der Waals surface area contributed by atoms with E-state index in [1.54, 1.807) is 0 Å². The standard InChI is InChI=1S/C14H20Cl2N2O3S/c1-4-5-10(2)17-14(19)9-18(22(3,20)21)13-7-6-11(15)8-12(13)16/h6-8,10H,4-5,9H2,1-3H3,(H,17,19)/t10-/m0/s1. The Balaban J connectivity index is 2.98. The Morgan fingerprint density at radius 2 is 2.00 bits per heavy atom. The summed E-state index contributed by atoms with van der Waals surface area (Å²) in [6, 6.07) is 4.43. The van der Waals surface area contributed by atoms with Crippen molar-refractivity contribution in [3.05, 3.63) is 28.2 Å². The maximum atomic E-state index is 12.1. The molecule has 0 bridgehead atoms. The molecular weight excluding hydrogens is 347 g/mol. The number of rotatable bonds is 7. The van der Waals surface area contributed by atoms with Gasteiger partial charge in [0.15, 0.2) is 0 Å². The van der Waals surface area contributed by atoms with Crippen LogP contribution in [0.2, 0.25) is 10.0 Å². The summed E-state index contributed by atoms with van der Waals surface area (Å²) in [5, 5.41) is 3.34. The van der Waals surface area contributed by atoms with Crippen molar-refractivity contribution in [1.82, 2.24) is 5.32 Å². The van der Waals surface area contributed by atoms with E-state index in [-0.39, 0.29) is 29.2 Å². The van der Waals surface area contributed by atoms with Crippen LogP contribution in [0.5, 0.6) is 0 Å². The number of nitrogens with one attached hydrogen (secondary N) is 1. The summed E-state index contributed by atoms with van der Waals surface area (Å²) < 4.78 is 24.9. The maximum Gasteiger partial charge on any atom is 0.240 e. The molecule has 0 spiro atoms. The third-order valence-electron chi connectivity index (χ3n) is 3.00. The molecule has 0 aromatic heterocycles. The van der Waals surface area contributed by atoms with Crippen molar-refractivity contribution < 1.29 is 13.2 Å². The molecule has 22 heavy (non-hydrogen) atoms. The molecule has 0 saturated carbocycles. The van der Waals surface area contributed by atoms with Gasteiger partial charge in [-0.1, -0.05) is 36.5 Å². The van der Waals surface area contributed by atoms with Crippen LogP contribution >= 0.6 is 23.2 Å². The van der Waals surface area contributed by atoms with E-state index in [0.717, 1.165) is 23.4 Å². The van der Waals surface area contributed by atoms with E-state index in [2.05, 4.69) is 5.32 Å². The number of benzene rings is 1. The first-order valence-electron chi connectivity index (χ1n) is 6.87. The lowest BCUT2D eigenvalue weighted by atomic mass is 10.2. The molecule has 1 aromatic carbocycles. The molecule has 0 fully saturated rings. The van der Waals surface area contributed by atoms with Crippen LogP contribution in [0.1, 0.15) is 26.7 Å². The van der Waals surface area contributed by atoms with E-state index in [0.29, 0.717) is 5.02 Å². The van der Waals surface area contributed by atoms with Gasteiger partial charge < -0.3 is 5.32 Å². The molecule has 1 amide bonds. The van der Waals surface area contributed by atoms with Crippen molar-refractivity contribution in [3.63, 3.8) is 0 Å². The van der Waals surface area contributed by atoms with Crippen LogP contribution in [-0.4, -0.2) is 33.2 Å². The van der Waals surface area contributed by atoms with E-state index in [4.69, 9.17) is 23.2 Å². The lowest BCUT2D eigenvalue weighted by Gasteiger charge is -2.24. The quantitative estimate of drug-likeness (QED) is 0.806. The molecule has 0 aliphatic rings. The molecule has 0 aliphatic heterocycles. The van der Waals surface area contributed by atoms with E-state index in [9.17, 15) is 13.2 Å². The van der Waals surface area contributed by atoms with Gasteiger partial charge in [-0.15, -0.1) is 0 Å². The van der Waals surface area contributed by atoms with Crippen molar-refractivity contribution in [2.45, 2.75) is 32.7 Å². The van der Waals surface area contributed by atoms with Gasteiger partial charge in [-0.05, 0) is 31.5 Å². The zero-order chi connectivity index (χ0) is 16.9. The molecule has 8 heteroatoms. The SMILES string of the molecule is CCC[C@H](C)NC(=O)CN(c1ccc(Cl)cc1Cl)S(C)(=O)=O. The van der Waals surface area contributed by atoms with E-state index in [1.807, 2.05) is 13.8 Å². The summed E-state index contributed by atoms with van der Waals surface area (Å²) >= 11 is 11.9. The third kappa shape index (κ3) is 5.66. The Labute approximate surface area is 141 Å². The van der Waals surface area contributed by atoms with Crippen LogP contribution < -0.4 is 9.62 Å². The molecule has 0 radical (unpaired) electrons. The average Bonchev–Trinajstić information content (AvgIpc) is 2.35. The monoisotopic (exact) mass is 366 g/mol. The summed E-state index contributed by atoms with van der Waals surface area (Å²) in [6.45, 7) is 3.56. The van der Waals surface area contributed by atoms with E-state index < -0.39 is 10.0 Å². The Morgan fingerprint density at radius 3 is 2.50 bits per heavy atom. The second kappa shape index (κ2) is 8.04. The maximum absolute atomic E-state index is 12.1. The van der Waals surface area contributed by atoms with Crippen LogP contribution in [-0.2, 0) is 14.8 Å². The summed E-state index contributed by atoms with van der Waals surface area (Å²) in [5.74, 6) is -0.377. The number of nitrogens with zero attached hydrogens (tertiary/aromatic N) is 1. The number of carbonyl (C=O) groups is 1. The fourth-order valence-corrected chi connectivity index (χ4v) is 3.45. The fourth-order valence-electron chi connectivity index (χ4n) is 2.02. The number of halogens is 2. The van der Waals surface area contributed by atoms with Crippen LogP contribution in [0.3, 0.4) is 0 Å². The Kier molecular flexibility index (Phi) is 6.97. The zero-order valence-electron chi connectivity index (χ0n) is 12.8. The first kappa shape index (κ1) is 19.1. The number of hydrogen-bond donors (Lipinski definition) is 1. The molecule has 5 nitrogen and oxygen atoms in total. The first-order chi connectivity index (χ1) is 10.1. The Morgan fingerprint density at radius 1 is 1.36 bits per heavy atom. The van der Waals surface area contributed by atoms with Crippen LogP contribution in [0.4, 0.5) is 5.69 Å². The van der Waals surface area contributed by atoms with Gasteiger partial charge in [-0.25, -0.2) is 8.42 Å². The second-order valence-corrected chi connectivity index (χ2v) is 7.87. The second-order valence-electron chi connectivity index (χ2n) is 5.12. The van der Waals surface area contributed by atoms with Crippen LogP contribution in [0.25, 0.3) is 0 Å². The molecule has 0 saturated heterocycles. The van der Waals surface area contributed by atoms with Crippen molar-refractivity contribution >= 4 is 44.8 Å². The van der Waals surface area contributed by atoms with Crippen LogP contribution in [0, 0.1) is 0 Å². The molecule has 1 atom stereocenters. The number of anilines is 1. The van der Waals surface area contributed by atoms with Crippen molar-refractivity contribution in [2.24, 2.45) is 0 Å². The lowest BCUT2D eigenvalue weighted by molar-refractivity contribution is -0.120. The highest BCUT2D eigenvalue weighted by Gasteiger charge is 2.23. The minimum atomic E-state index is -3.65. The average molecular weight is 367 g/mol. The summed E-state index contributed by atoms with van der Waals surface area (Å²) in [6.07, 6.45) is 2.78. The van der Waals surface area contributed by atoms with Gasteiger partial charge in [-0.2, -0.15) is 0 Å². The van der Waals surface area contributed by atoms with E-state index >= 15 is 0 Å². The van der Waals surface area contributed by atoms with Crippen molar-refractivity contribution in [2.75, 3.05) is 17.1 Å². The lowest BCUT2D eigenvalue weighted by Crippen LogP contribution is -2.43. The van der Waals surface area contributed by atoms with Gasteiger partial charge in [0.25, 0.3) is 0 Å². The Bertz CT molecular complexity index is 635. The van der Waals surface area contributed by atoms with Crippen molar-refractivity contribution in [3.8, 4) is 0 Å². The molecule has 0 unspecified atom stereocenters. The van der Waals surface area contributed by atoms with Crippen molar-refractivity contribution in [1.29, 1.82) is 0 Å². The molecule has 0 aliphatic carbocycles. The Hall–Kier alpha value is -0.980. The predicted octanol–water partition coefficient (Wildman–Crippen LogP) is 3.06. The minimum Gasteiger partial charge on any atom is -0.352 e. The highest BCUT2D eigenvalue weighted by Crippen LogP contribution is 2.30. The zero-order valence-corrected chi connectivity index (χ0v) is 15.1. The number of sulfonamides is 1. The van der Waals surface area contributed by atoms with E-state index in [1.165, 1.54) is 18.2 Å². The highest BCUT2D eigenvalue weighted by molar-refractivity contribution is 7.92. The molecule has 1 rings (SSSR count). The molecule has 1 aromatic rings. The van der Waals surface area contributed by atoms with Gasteiger partial charge in [0.05, 0.1) is 17.0 Å². The van der Waals surface area contributed by atoms with Gasteiger partial charge >= 0.3 is 0 Å².